The van der Waals surface area contributed by atoms with E-state index in [1.165, 1.54) is 0 Å². The maximum absolute atomic E-state index is 5.46. The first-order valence-corrected chi connectivity index (χ1v) is 5.45. The molecule has 0 fully saturated rings. The molecule has 1 heterocycles. The summed E-state index contributed by atoms with van der Waals surface area (Å²) in [7, 11) is 1.93. The monoisotopic (exact) mass is 200 g/mol. The summed E-state index contributed by atoms with van der Waals surface area (Å²) in [5.74, 6) is 0. The topological polar surface area (TPSA) is 34.1 Å². The zero-order valence-corrected chi connectivity index (χ0v) is 8.93. The lowest BCUT2D eigenvalue weighted by Crippen LogP contribution is -2.22. The molecule has 1 aromatic heterocycles. The average molecular weight is 200 g/mol. The van der Waals surface area contributed by atoms with Gasteiger partial charge in [-0.2, -0.15) is 0 Å². The first-order chi connectivity index (χ1) is 6.38. The van der Waals surface area contributed by atoms with Crippen molar-refractivity contribution < 1.29 is 4.74 Å². The third kappa shape index (κ3) is 3.42. The Morgan fingerprint density at radius 2 is 2.54 bits per heavy atom. The molecule has 74 valence electrons. The van der Waals surface area contributed by atoms with Gasteiger partial charge in [0.15, 0.2) is 0 Å². The van der Waals surface area contributed by atoms with Crippen molar-refractivity contribution >= 4 is 11.3 Å². The third-order valence-corrected chi connectivity index (χ3v) is 2.39. The van der Waals surface area contributed by atoms with Crippen molar-refractivity contribution in [2.24, 2.45) is 0 Å². The van der Waals surface area contributed by atoms with Crippen molar-refractivity contribution in [3.8, 4) is 0 Å². The molecule has 4 heteroatoms. The Hall–Kier alpha value is -0.450. The molecule has 1 N–H and O–H groups in total. The molecule has 3 nitrogen and oxygen atoms in total. The first kappa shape index (κ1) is 10.6. The Kier molecular flexibility index (Phi) is 4.97. The van der Waals surface area contributed by atoms with E-state index in [2.05, 4.69) is 22.6 Å². The highest BCUT2D eigenvalue weighted by Crippen LogP contribution is 2.12. The minimum absolute atomic E-state index is 0.234. The molecule has 0 aromatic carbocycles. The molecule has 1 rings (SSSR count). The van der Waals surface area contributed by atoms with E-state index in [0.29, 0.717) is 6.61 Å². The Bertz CT molecular complexity index is 213. The van der Waals surface area contributed by atoms with Gasteiger partial charge in [-0.15, -0.1) is 11.3 Å². The highest BCUT2D eigenvalue weighted by molar-refractivity contribution is 7.07. The molecule has 1 unspecified atom stereocenters. The van der Waals surface area contributed by atoms with Crippen LogP contribution < -0.4 is 5.32 Å². The van der Waals surface area contributed by atoms with Crippen molar-refractivity contribution in [2.75, 3.05) is 20.3 Å². The van der Waals surface area contributed by atoms with Crippen molar-refractivity contribution in [1.82, 2.24) is 10.3 Å². The number of nitrogens with zero attached hydrogens (tertiary/aromatic N) is 1. The van der Waals surface area contributed by atoms with E-state index in [1.807, 2.05) is 12.6 Å². The Morgan fingerprint density at radius 1 is 1.69 bits per heavy atom. The summed E-state index contributed by atoms with van der Waals surface area (Å²) in [6.45, 7) is 3.63. The van der Waals surface area contributed by atoms with Gasteiger partial charge in [0.2, 0.25) is 0 Å². The number of hydrogen-bond acceptors (Lipinski definition) is 4. The lowest BCUT2D eigenvalue weighted by molar-refractivity contribution is 0.113. The minimum Gasteiger partial charge on any atom is -0.379 e. The van der Waals surface area contributed by atoms with Gasteiger partial charge in [0.25, 0.3) is 0 Å². The predicted molar refractivity (Wildman–Crippen MR) is 55.0 cm³/mol. The number of likely N-dealkylation sites (N-methyl/N-ethyl adjacent to an activating group) is 1. The van der Waals surface area contributed by atoms with E-state index >= 15 is 0 Å². The lowest BCUT2D eigenvalue weighted by Gasteiger charge is -2.13. The van der Waals surface area contributed by atoms with Gasteiger partial charge in [0, 0.05) is 12.0 Å². The van der Waals surface area contributed by atoms with Crippen molar-refractivity contribution in [3.63, 3.8) is 0 Å². The first-order valence-electron chi connectivity index (χ1n) is 4.51. The van der Waals surface area contributed by atoms with Crippen LogP contribution in [0.1, 0.15) is 25.1 Å². The number of hydrogen-bond donors (Lipinski definition) is 1. The van der Waals surface area contributed by atoms with Gasteiger partial charge in [0.05, 0.1) is 23.9 Å². The highest BCUT2D eigenvalue weighted by atomic mass is 32.1. The van der Waals surface area contributed by atoms with Gasteiger partial charge >= 0.3 is 0 Å². The van der Waals surface area contributed by atoms with Crippen LogP contribution in [0.4, 0.5) is 0 Å². The molecule has 0 aliphatic rings. The summed E-state index contributed by atoms with van der Waals surface area (Å²) >= 11 is 1.62. The van der Waals surface area contributed by atoms with Gasteiger partial charge in [-0.25, -0.2) is 4.98 Å². The van der Waals surface area contributed by atoms with E-state index in [4.69, 9.17) is 4.74 Å². The van der Waals surface area contributed by atoms with Crippen LogP contribution in [-0.4, -0.2) is 25.2 Å². The number of nitrogens with one attached hydrogen (secondary N) is 1. The summed E-state index contributed by atoms with van der Waals surface area (Å²) in [6.07, 6.45) is 1.06. The minimum atomic E-state index is 0.234. The van der Waals surface area contributed by atoms with Gasteiger partial charge in [0.1, 0.15) is 0 Å². The Morgan fingerprint density at radius 3 is 3.08 bits per heavy atom. The SMILES string of the molecule is CCCOCC(NC)c1cscn1. The van der Waals surface area contributed by atoms with Gasteiger partial charge in [-0.1, -0.05) is 6.92 Å². The van der Waals surface area contributed by atoms with Crippen LogP contribution in [0.5, 0.6) is 0 Å². The molecular weight excluding hydrogens is 184 g/mol. The zero-order valence-electron chi connectivity index (χ0n) is 8.12. The van der Waals surface area contributed by atoms with Crippen LogP contribution in [0.25, 0.3) is 0 Å². The average Bonchev–Trinajstić information content (AvgIpc) is 2.65. The van der Waals surface area contributed by atoms with E-state index in [-0.39, 0.29) is 6.04 Å². The van der Waals surface area contributed by atoms with Crippen LogP contribution in [0, 0.1) is 0 Å². The zero-order chi connectivity index (χ0) is 9.52. The third-order valence-electron chi connectivity index (χ3n) is 1.79. The summed E-state index contributed by atoms with van der Waals surface area (Å²) in [4.78, 5) is 4.24. The van der Waals surface area contributed by atoms with Gasteiger partial charge in [-0.3, -0.25) is 0 Å². The molecule has 0 aliphatic heterocycles. The largest absolute Gasteiger partial charge is 0.379 e. The number of ether oxygens (including phenoxy) is 1. The summed E-state index contributed by atoms with van der Waals surface area (Å²) in [5.41, 5.74) is 2.92. The fourth-order valence-electron chi connectivity index (χ4n) is 1.06. The Labute approximate surface area is 83.1 Å². The lowest BCUT2D eigenvalue weighted by atomic mass is 10.2. The van der Waals surface area contributed by atoms with Crippen molar-refractivity contribution in [2.45, 2.75) is 19.4 Å². The molecule has 0 saturated heterocycles. The molecular formula is C9H16N2OS. The second-order valence-corrected chi connectivity index (χ2v) is 3.55. The van der Waals surface area contributed by atoms with Crippen LogP contribution in [0.15, 0.2) is 10.9 Å². The second-order valence-electron chi connectivity index (χ2n) is 2.83. The fourth-order valence-corrected chi connectivity index (χ4v) is 1.66. The number of aromatic nitrogens is 1. The summed E-state index contributed by atoms with van der Waals surface area (Å²) < 4.78 is 5.46. The normalized spacial score (nSPS) is 13.1. The van der Waals surface area contributed by atoms with E-state index in [0.717, 1.165) is 18.7 Å². The smallest absolute Gasteiger partial charge is 0.0795 e. The van der Waals surface area contributed by atoms with E-state index in [1.54, 1.807) is 11.3 Å². The quantitative estimate of drug-likeness (QED) is 0.711. The summed E-state index contributed by atoms with van der Waals surface area (Å²) in [6, 6.07) is 0.234. The van der Waals surface area contributed by atoms with E-state index in [9.17, 15) is 0 Å². The van der Waals surface area contributed by atoms with Crippen LogP contribution in [0.2, 0.25) is 0 Å². The second kappa shape index (κ2) is 6.07. The number of rotatable bonds is 6. The van der Waals surface area contributed by atoms with Crippen LogP contribution in [-0.2, 0) is 4.74 Å². The van der Waals surface area contributed by atoms with Crippen LogP contribution >= 0.6 is 11.3 Å². The van der Waals surface area contributed by atoms with Gasteiger partial charge < -0.3 is 10.1 Å². The van der Waals surface area contributed by atoms with Crippen molar-refractivity contribution in [1.29, 1.82) is 0 Å². The molecule has 0 saturated carbocycles. The van der Waals surface area contributed by atoms with Crippen molar-refractivity contribution in [3.05, 3.63) is 16.6 Å². The molecule has 1 atom stereocenters. The Balaban J connectivity index is 2.35. The van der Waals surface area contributed by atoms with E-state index < -0.39 is 0 Å². The highest BCUT2D eigenvalue weighted by Gasteiger charge is 2.10. The molecule has 0 aliphatic carbocycles. The molecule has 0 bridgehead atoms. The maximum Gasteiger partial charge on any atom is 0.0795 e. The number of thiazole rings is 1. The molecule has 1 aromatic rings. The molecule has 0 spiro atoms. The predicted octanol–water partition coefficient (Wildman–Crippen LogP) is 1.83. The molecule has 13 heavy (non-hydrogen) atoms. The summed E-state index contributed by atoms with van der Waals surface area (Å²) in [5, 5.41) is 5.23. The standard InChI is InChI=1S/C9H16N2OS/c1-3-4-12-5-8(10-2)9-6-13-7-11-9/h6-8,10H,3-5H2,1-2H3. The molecule has 0 amide bonds. The van der Waals surface area contributed by atoms with Gasteiger partial charge in [-0.05, 0) is 13.5 Å². The maximum atomic E-state index is 5.46. The molecule has 0 radical (unpaired) electrons. The van der Waals surface area contributed by atoms with Crippen LogP contribution in [0.3, 0.4) is 0 Å². The fraction of sp³-hybridized carbons (Fsp3) is 0.667.